The van der Waals surface area contributed by atoms with Crippen LogP contribution in [0.4, 0.5) is 4.39 Å². The van der Waals surface area contributed by atoms with Crippen LogP contribution in [0.2, 0.25) is 0 Å². The first-order valence-corrected chi connectivity index (χ1v) is 9.41. The second-order valence-corrected chi connectivity index (χ2v) is 7.43. The molecule has 5 aromatic rings. The molecule has 0 bridgehead atoms. The highest BCUT2D eigenvalue weighted by Gasteiger charge is 2.15. The first-order valence-electron chi connectivity index (χ1n) is 10.1. The Morgan fingerprint density at radius 1 is 0.926 bits per heavy atom. The number of hydrogen-bond acceptors (Lipinski definition) is 2. The number of hydrogen-bond donors (Lipinski definition) is 0. The Morgan fingerprint density at radius 3 is 2.59 bits per heavy atom. The van der Waals surface area contributed by atoms with Crippen LogP contribution >= 0.6 is 11.3 Å². The summed E-state index contributed by atoms with van der Waals surface area (Å²) in [7, 11) is 0. The highest BCUT2D eigenvalue weighted by atomic mass is 32.1. The smallest absolute Gasteiger partial charge is 0.132 e. The third-order valence-electron chi connectivity index (χ3n) is 4.74. The van der Waals surface area contributed by atoms with Gasteiger partial charge in [0.2, 0.25) is 0 Å². The first-order chi connectivity index (χ1) is 14.4. The molecular weight excluding hydrogens is 353 g/mol. The number of halogens is 1. The van der Waals surface area contributed by atoms with Crippen molar-refractivity contribution in [3.05, 3.63) is 90.4 Å². The van der Waals surface area contributed by atoms with Crippen LogP contribution in [-0.2, 0) is 0 Å². The molecular formula is C24H16FNS. The standard InChI is InChI=1S/C24H16FNS/c1-15-13-21(26-14-19(15)16-7-3-2-4-8-16)17-11-12-20(25)23-18-9-5-6-10-22(18)27-24(17)23/h2-14H,1H3/i1D3. The molecule has 2 aromatic heterocycles. The molecule has 130 valence electrons. The highest BCUT2D eigenvalue weighted by molar-refractivity contribution is 7.26. The number of nitrogens with zero attached hydrogens (tertiary/aromatic N) is 1. The number of aromatic nitrogens is 1. The van der Waals surface area contributed by atoms with E-state index < -0.39 is 6.85 Å². The van der Waals surface area contributed by atoms with Crippen LogP contribution in [0.25, 0.3) is 42.6 Å². The van der Waals surface area contributed by atoms with Crippen LogP contribution in [0, 0.1) is 12.7 Å². The van der Waals surface area contributed by atoms with Gasteiger partial charge in [0, 0.05) is 41.6 Å². The van der Waals surface area contributed by atoms with Crippen LogP contribution in [-0.4, -0.2) is 4.98 Å². The molecule has 2 heterocycles. The number of thiophene rings is 1. The van der Waals surface area contributed by atoms with Gasteiger partial charge in [-0.15, -0.1) is 11.3 Å². The highest BCUT2D eigenvalue weighted by Crippen LogP contribution is 2.41. The monoisotopic (exact) mass is 372 g/mol. The first kappa shape index (κ1) is 13.2. The molecule has 0 spiro atoms. The fourth-order valence-corrected chi connectivity index (χ4v) is 4.68. The van der Waals surface area contributed by atoms with E-state index in [-0.39, 0.29) is 11.4 Å². The minimum absolute atomic E-state index is 0.234. The maximum Gasteiger partial charge on any atom is 0.132 e. The zero-order valence-corrected chi connectivity index (χ0v) is 15.1. The zero-order valence-electron chi connectivity index (χ0n) is 17.2. The third kappa shape index (κ3) is 2.63. The number of benzene rings is 3. The lowest BCUT2D eigenvalue weighted by Crippen LogP contribution is -1.90. The summed E-state index contributed by atoms with van der Waals surface area (Å²) < 4.78 is 40.6. The Labute approximate surface area is 165 Å². The maximum atomic E-state index is 14.7. The molecule has 0 fully saturated rings. The predicted octanol–water partition coefficient (Wildman–Crippen LogP) is 7.23. The summed E-state index contributed by atoms with van der Waals surface area (Å²) in [5.41, 5.74) is 2.87. The third-order valence-corrected chi connectivity index (χ3v) is 5.94. The molecule has 3 aromatic carbocycles. The molecule has 0 aliphatic rings. The second-order valence-electron chi connectivity index (χ2n) is 6.38. The molecule has 0 aliphatic heterocycles. The summed E-state index contributed by atoms with van der Waals surface area (Å²) in [5.74, 6) is -0.289. The lowest BCUT2D eigenvalue weighted by Gasteiger charge is -2.09. The van der Waals surface area contributed by atoms with Crippen LogP contribution in [0.1, 0.15) is 9.68 Å². The predicted molar refractivity (Wildman–Crippen MR) is 113 cm³/mol. The van der Waals surface area contributed by atoms with Crippen molar-refractivity contribution in [2.24, 2.45) is 0 Å². The molecule has 0 radical (unpaired) electrons. The molecule has 5 rings (SSSR count). The summed E-state index contributed by atoms with van der Waals surface area (Å²) in [6, 6.07) is 21.8. The van der Waals surface area contributed by atoms with Gasteiger partial charge in [-0.25, -0.2) is 4.39 Å². The van der Waals surface area contributed by atoms with Gasteiger partial charge in [0.05, 0.1) is 5.69 Å². The van der Waals surface area contributed by atoms with Crippen LogP contribution in [0.3, 0.4) is 0 Å². The minimum Gasteiger partial charge on any atom is -0.256 e. The van der Waals surface area contributed by atoms with E-state index in [9.17, 15) is 4.39 Å². The van der Waals surface area contributed by atoms with Crippen LogP contribution in [0.15, 0.2) is 79.0 Å². The maximum absolute atomic E-state index is 14.7. The summed E-state index contributed by atoms with van der Waals surface area (Å²) in [6.45, 7) is -2.30. The number of rotatable bonds is 2. The Kier molecular flexibility index (Phi) is 3.07. The summed E-state index contributed by atoms with van der Waals surface area (Å²) in [6.07, 6.45) is 1.61. The largest absolute Gasteiger partial charge is 0.256 e. The number of aryl methyl sites for hydroxylation is 1. The fraction of sp³-hybridized carbons (Fsp3) is 0.0417. The van der Waals surface area contributed by atoms with E-state index >= 15 is 0 Å². The molecule has 0 aliphatic carbocycles. The van der Waals surface area contributed by atoms with E-state index in [4.69, 9.17) is 4.11 Å². The minimum atomic E-state index is -2.30. The average molecular weight is 372 g/mol. The summed E-state index contributed by atoms with van der Waals surface area (Å²) in [4.78, 5) is 4.58. The van der Waals surface area contributed by atoms with E-state index in [0.717, 1.165) is 25.9 Å². The van der Waals surface area contributed by atoms with Crippen molar-refractivity contribution in [3.8, 4) is 22.4 Å². The van der Waals surface area contributed by atoms with Crippen molar-refractivity contribution < 1.29 is 8.50 Å². The van der Waals surface area contributed by atoms with Gasteiger partial charge < -0.3 is 0 Å². The van der Waals surface area contributed by atoms with E-state index in [2.05, 4.69) is 4.98 Å². The topological polar surface area (TPSA) is 12.9 Å². The molecule has 0 saturated carbocycles. The van der Waals surface area contributed by atoms with Gasteiger partial charge >= 0.3 is 0 Å². The molecule has 0 amide bonds. The van der Waals surface area contributed by atoms with Crippen molar-refractivity contribution in [1.29, 1.82) is 0 Å². The van der Waals surface area contributed by atoms with E-state index in [1.54, 1.807) is 18.3 Å². The molecule has 0 unspecified atom stereocenters. The van der Waals surface area contributed by atoms with Gasteiger partial charge in [-0.1, -0.05) is 48.5 Å². The Bertz CT molecular complexity index is 1390. The van der Waals surface area contributed by atoms with Crippen molar-refractivity contribution in [2.45, 2.75) is 6.85 Å². The number of pyridine rings is 1. The normalized spacial score (nSPS) is 13.4. The van der Waals surface area contributed by atoms with Gasteiger partial charge in [-0.05, 0) is 42.2 Å². The Hall–Kier alpha value is -3.04. The number of fused-ring (bicyclic) bond motifs is 3. The Morgan fingerprint density at radius 2 is 1.74 bits per heavy atom. The van der Waals surface area contributed by atoms with Crippen LogP contribution < -0.4 is 0 Å². The van der Waals surface area contributed by atoms with E-state index in [1.807, 2.05) is 54.6 Å². The lowest BCUT2D eigenvalue weighted by atomic mass is 10.00. The molecule has 1 nitrogen and oxygen atoms in total. The SMILES string of the molecule is [2H]C([2H])([2H])c1cc(-c2ccc(F)c3c2sc2ccccc23)ncc1-c1ccccc1. The van der Waals surface area contributed by atoms with Gasteiger partial charge in [0.25, 0.3) is 0 Å². The molecule has 0 N–H and O–H groups in total. The van der Waals surface area contributed by atoms with E-state index in [0.29, 0.717) is 16.6 Å². The lowest BCUT2D eigenvalue weighted by molar-refractivity contribution is 0.641. The zero-order chi connectivity index (χ0) is 20.9. The average Bonchev–Trinajstić information content (AvgIpc) is 3.14. The summed E-state index contributed by atoms with van der Waals surface area (Å²) in [5, 5.41) is 1.41. The van der Waals surface area contributed by atoms with Gasteiger partial charge in [0.15, 0.2) is 0 Å². The van der Waals surface area contributed by atoms with Crippen molar-refractivity contribution in [1.82, 2.24) is 4.98 Å². The van der Waals surface area contributed by atoms with Gasteiger partial charge in [0.1, 0.15) is 5.82 Å². The van der Waals surface area contributed by atoms with Gasteiger partial charge in [-0.3, -0.25) is 4.98 Å². The van der Waals surface area contributed by atoms with Crippen LogP contribution in [0.5, 0.6) is 0 Å². The fourth-order valence-electron chi connectivity index (χ4n) is 3.44. The van der Waals surface area contributed by atoms with Crippen molar-refractivity contribution in [3.63, 3.8) is 0 Å². The molecule has 0 atom stereocenters. The van der Waals surface area contributed by atoms with Crippen molar-refractivity contribution >= 4 is 31.5 Å². The molecule has 27 heavy (non-hydrogen) atoms. The molecule has 3 heteroatoms. The van der Waals surface area contributed by atoms with Crippen molar-refractivity contribution in [2.75, 3.05) is 0 Å². The Balaban J connectivity index is 1.78. The second kappa shape index (κ2) is 6.29. The quantitative estimate of drug-likeness (QED) is 0.318. The molecule has 0 saturated heterocycles. The van der Waals surface area contributed by atoms with E-state index in [1.165, 1.54) is 17.4 Å². The van der Waals surface area contributed by atoms with Gasteiger partial charge in [-0.2, -0.15) is 0 Å². The summed E-state index contributed by atoms with van der Waals surface area (Å²) >= 11 is 1.49.